The standard InChI is InChI=1S/C19H28N6O2/c1-15-14-17(20-7-5-8-23(2)3)22-19(21-15)25-11-9-24(10-12-25)18(26)16-6-4-13-27-16/h4,6,13-14H,5,7-12H2,1-3H3,(H,20,21,22). The molecule has 1 N–H and O–H groups in total. The number of furan rings is 1. The van der Waals surface area contributed by atoms with Gasteiger partial charge in [0.1, 0.15) is 5.82 Å². The summed E-state index contributed by atoms with van der Waals surface area (Å²) in [7, 11) is 4.15. The molecule has 1 amide bonds. The number of aromatic nitrogens is 2. The summed E-state index contributed by atoms with van der Waals surface area (Å²) in [6.45, 7) is 6.55. The van der Waals surface area contributed by atoms with Crippen LogP contribution in [0, 0.1) is 6.92 Å². The molecule has 3 heterocycles. The molecule has 0 unspecified atom stereocenters. The van der Waals surface area contributed by atoms with Crippen molar-refractivity contribution in [3.63, 3.8) is 0 Å². The first-order valence-corrected chi connectivity index (χ1v) is 9.35. The van der Waals surface area contributed by atoms with Crippen LogP contribution in [-0.2, 0) is 0 Å². The van der Waals surface area contributed by atoms with Crippen LogP contribution in [0.2, 0.25) is 0 Å². The highest BCUT2D eigenvalue weighted by atomic mass is 16.3. The molecule has 1 aliphatic heterocycles. The van der Waals surface area contributed by atoms with Gasteiger partial charge in [0.15, 0.2) is 5.76 Å². The van der Waals surface area contributed by atoms with Crippen molar-refractivity contribution in [1.29, 1.82) is 0 Å². The van der Waals surface area contributed by atoms with Crippen LogP contribution in [-0.4, -0.2) is 79.0 Å². The Hall–Kier alpha value is -2.61. The van der Waals surface area contributed by atoms with Crippen molar-refractivity contribution in [2.24, 2.45) is 0 Å². The molecule has 0 aromatic carbocycles. The van der Waals surface area contributed by atoms with Gasteiger partial charge in [-0.25, -0.2) is 4.98 Å². The molecule has 146 valence electrons. The van der Waals surface area contributed by atoms with Gasteiger partial charge in [-0.15, -0.1) is 0 Å². The van der Waals surface area contributed by atoms with Crippen molar-refractivity contribution in [1.82, 2.24) is 19.8 Å². The highest BCUT2D eigenvalue weighted by molar-refractivity contribution is 5.91. The minimum absolute atomic E-state index is 0.0620. The third-order valence-electron chi connectivity index (χ3n) is 4.51. The number of aryl methyl sites for hydroxylation is 1. The van der Waals surface area contributed by atoms with Gasteiger partial charge < -0.3 is 24.4 Å². The zero-order valence-electron chi connectivity index (χ0n) is 16.3. The van der Waals surface area contributed by atoms with Crippen LogP contribution in [0.5, 0.6) is 0 Å². The van der Waals surface area contributed by atoms with Crippen LogP contribution in [0.15, 0.2) is 28.9 Å². The highest BCUT2D eigenvalue weighted by Crippen LogP contribution is 2.17. The molecule has 3 rings (SSSR count). The third-order valence-corrected chi connectivity index (χ3v) is 4.51. The van der Waals surface area contributed by atoms with E-state index in [1.54, 1.807) is 12.1 Å². The van der Waals surface area contributed by atoms with Crippen LogP contribution >= 0.6 is 0 Å². The Morgan fingerprint density at radius 1 is 1.26 bits per heavy atom. The second-order valence-corrected chi connectivity index (χ2v) is 7.03. The Bertz CT molecular complexity index is 739. The average molecular weight is 372 g/mol. The second kappa shape index (κ2) is 8.85. The minimum atomic E-state index is -0.0620. The lowest BCUT2D eigenvalue weighted by molar-refractivity contribution is 0.0714. The highest BCUT2D eigenvalue weighted by Gasteiger charge is 2.25. The quantitative estimate of drug-likeness (QED) is 0.741. The molecule has 0 radical (unpaired) electrons. The molecule has 8 nitrogen and oxygen atoms in total. The number of hydrogen-bond acceptors (Lipinski definition) is 7. The number of nitrogens with zero attached hydrogens (tertiary/aromatic N) is 5. The number of nitrogens with one attached hydrogen (secondary N) is 1. The minimum Gasteiger partial charge on any atom is -0.459 e. The van der Waals surface area contributed by atoms with E-state index in [2.05, 4.69) is 39.2 Å². The Kier molecular flexibility index (Phi) is 6.28. The molecule has 0 bridgehead atoms. The van der Waals surface area contributed by atoms with Gasteiger partial charge in [-0.1, -0.05) is 0 Å². The zero-order valence-corrected chi connectivity index (χ0v) is 16.3. The van der Waals surface area contributed by atoms with Gasteiger partial charge in [0, 0.05) is 44.5 Å². The van der Waals surface area contributed by atoms with E-state index >= 15 is 0 Å². The summed E-state index contributed by atoms with van der Waals surface area (Å²) in [6.07, 6.45) is 2.58. The first-order valence-electron chi connectivity index (χ1n) is 9.35. The fourth-order valence-electron chi connectivity index (χ4n) is 3.06. The number of carbonyl (C=O) groups excluding carboxylic acids is 1. The lowest BCUT2D eigenvalue weighted by atomic mass is 10.3. The zero-order chi connectivity index (χ0) is 19.2. The molecule has 1 fully saturated rings. The van der Waals surface area contributed by atoms with Crippen molar-refractivity contribution < 1.29 is 9.21 Å². The normalized spacial score (nSPS) is 14.7. The summed E-state index contributed by atoms with van der Waals surface area (Å²) in [5, 5.41) is 3.38. The van der Waals surface area contributed by atoms with E-state index in [-0.39, 0.29) is 5.91 Å². The summed E-state index contributed by atoms with van der Waals surface area (Å²) in [5.41, 5.74) is 0.934. The van der Waals surface area contributed by atoms with Gasteiger partial charge in [-0.05, 0) is 46.1 Å². The maximum Gasteiger partial charge on any atom is 0.289 e. The lowest BCUT2D eigenvalue weighted by Crippen LogP contribution is -2.49. The van der Waals surface area contributed by atoms with E-state index in [1.165, 1.54) is 6.26 Å². The van der Waals surface area contributed by atoms with Crippen LogP contribution in [0.4, 0.5) is 11.8 Å². The molecule has 0 aliphatic carbocycles. The monoisotopic (exact) mass is 372 g/mol. The Morgan fingerprint density at radius 2 is 2.04 bits per heavy atom. The maximum absolute atomic E-state index is 12.4. The summed E-state index contributed by atoms with van der Waals surface area (Å²) >= 11 is 0. The van der Waals surface area contributed by atoms with Gasteiger partial charge in [0.25, 0.3) is 5.91 Å². The largest absolute Gasteiger partial charge is 0.459 e. The topological polar surface area (TPSA) is 77.7 Å². The Labute approximate surface area is 160 Å². The predicted molar refractivity (Wildman–Crippen MR) is 105 cm³/mol. The number of hydrogen-bond donors (Lipinski definition) is 1. The summed E-state index contributed by atoms with van der Waals surface area (Å²) in [4.78, 5) is 27.7. The van der Waals surface area contributed by atoms with Gasteiger partial charge in [0.05, 0.1) is 6.26 Å². The van der Waals surface area contributed by atoms with Gasteiger partial charge in [-0.3, -0.25) is 4.79 Å². The van der Waals surface area contributed by atoms with Crippen LogP contribution in [0.3, 0.4) is 0 Å². The number of anilines is 2. The van der Waals surface area contributed by atoms with Crippen LogP contribution < -0.4 is 10.2 Å². The van der Waals surface area contributed by atoms with Gasteiger partial charge in [-0.2, -0.15) is 4.98 Å². The van der Waals surface area contributed by atoms with Crippen molar-refractivity contribution in [3.8, 4) is 0 Å². The molecular formula is C19H28N6O2. The van der Waals surface area contributed by atoms with Crippen molar-refractivity contribution in [2.75, 3.05) is 63.6 Å². The Morgan fingerprint density at radius 3 is 2.70 bits per heavy atom. The fourth-order valence-corrected chi connectivity index (χ4v) is 3.06. The van der Waals surface area contributed by atoms with E-state index in [9.17, 15) is 4.79 Å². The number of carbonyl (C=O) groups is 1. The maximum atomic E-state index is 12.4. The lowest BCUT2D eigenvalue weighted by Gasteiger charge is -2.34. The molecule has 1 saturated heterocycles. The van der Waals surface area contributed by atoms with Gasteiger partial charge >= 0.3 is 0 Å². The molecule has 2 aromatic rings. The Balaban J connectivity index is 1.56. The number of amides is 1. The molecule has 0 saturated carbocycles. The predicted octanol–water partition coefficient (Wildman–Crippen LogP) is 1.70. The SMILES string of the molecule is Cc1cc(NCCCN(C)C)nc(N2CCN(C(=O)c3ccco3)CC2)n1. The molecule has 27 heavy (non-hydrogen) atoms. The molecule has 2 aromatic heterocycles. The molecular weight excluding hydrogens is 344 g/mol. The van der Waals surface area contributed by atoms with Crippen LogP contribution in [0.25, 0.3) is 0 Å². The molecule has 0 spiro atoms. The summed E-state index contributed by atoms with van der Waals surface area (Å²) in [5.74, 6) is 1.90. The first kappa shape index (κ1) is 19.2. The molecule has 1 aliphatic rings. The third kappa shape index (κ3) is 5.19. The molecule has 8 heteroatoms. The van der Waals surface area contributed by atoms with E-state index in [1.807, 2.05) is 17.9 Å². The van der Waals surface area contributed by atoms with Gasteiger partial charge in [0.2, 0.25) is 5.95 Å². The van der Waals surface area contributed by atoms with Crippen molar-refractivity contribution >= 4 is 17.7 Å². The van der Waals surface area contributed by atoms with Crippen molar-refractivity contribution in [3.05, 3.63) is 35.9 Å². The average Bonchev–Trinajstić information content (AvgIpc) is 3.19. The summed E-state index contributed by atoms with van der Waals surface area (Å²) < 4.78 is 5.21. The second-order valence-electron chi connectivity index (χ2n) is 7.03. The fraction of sp³-hybridized carbons (Fsp3) is 0.526. The number of rotatable bonds is 7. The van der Waals surface area contributed by atoms with Crippen LogP contribution in [0.1, 0.15) is 22.7 Å². The van der Waals surface area contributed by atoms with E-state index in [0.29, 0.717) is 31.9 Å². The van der Waals surface area contributed by atoms with Crippen molar-refractivity contribution in [2.45, 2.75) is 13.3 Å². The van der Waals surface area contributed by atoms with E-state index < -0.39 is 0 Å². The molecule has 0 atom stereocenters. The summed E-state index contributed by atoms with van der Waals surface area (Å²) in [6, 6.07) is 5.40. The first-order chi connectivity index (χ1) is 13.0. The van der Waals surface area contributed by atoms with E-state index in [0.717, 1.165) is 37.0 Å². The smallest absolute Gasteiger partial charge is 0.289 e. The van der Waals surface area contributed by atoms with E-state index in [4.69, 9.17) is 4.42 Å². The number of piperazine rings is 1.